The predicted octanol–water partition coefficient (Wildman–Crippen LogP) is 1.83. The number of likely N-dealkylation sites (N-methyl/N-ethyl adjacent to an activating group) is 1. The van der Waals surface area contributed by atoms with Crippen molar-refractivity contribution < 1.29 is 9.53 Å². The molecule has 3 rings (SSSR count). The summed E-state index contributed by atoms with van der Waals surface area (Å²) in [6.07, 6.45) is 2.73. The minimum Gasteiger partial charge on any atom is -0.469 e. The number of aliphatic imine (C=N–C) groups is 1. The summed E-state index contributed by atoms with van der Waals surface area (Å²) in [6, 6.07) is 11.3. The maximum atomic E-state index is 11.7. The van der Waals surface area contributed by atoms with Crippen molar-refractivity contribution in [2.24, 2.45) is 10.9 Å². The number of ether oxygens (including phenoxy) is 1. The molecule has 1 aromatic carbocycles. The summed E-state index contributed by atoms with van der Waals surface area (Å²) in [5, 5.41) is 3.52. The van der Waals surface area contributed by atoms with Crippen molar-refractivity contribution in [2.75, 3.05) is 67.0 Å². The Labute approximate surface area is 181 Å². The third-order valence-electron chi connectivity index (χ3n) is 6.32. The van der Waals surface area contributed by atoms with Crippen LogP contribution in [-0.4, -0.2) is 93.6 Å². The van der Waals surface area contributed by atoms with Crippen molar-refractivity contribution in [2.45, 2.75) is 25.3 Å². The van der Waals surface area contributed by atoms with Crippen LogP contribution in [-0.2, 0) is 9.53 Å². The van der Waals surface area contributed by atoms with Crippen LogP contribution in [0.15, 0.2) is 35.3 Å². The average Bonchev–Trinajstić information content (AvgIpc) is 2.80. The molecule has 1 atom stereocenters. The van der Waals surface area contributed by atoms with E-state index in [0.29, 0.717) is 6.04 Å². The summed E-state index contributed by atoms with van der Waals surface area (Å²) < 4.78 is 4.89. The lowest BCUT2D eigenvalue weighted by atomic mass is 9.97. The largest absolute Gasteiger partial charge is 0.469 e. The van der Waals surface area contributed by atoms with Gasteiger partial charge in [0.25, 0.3) is 0 Å². The molecule has 7 heteroatoms. The number of benzene rings is 1. The van der Waals surface area contributed by atoms with E-state index in [2.05, 4.69) is 62.4 Å². The highest BCUT2D eigenvalue weighted by atomic mass is 16.5. The minimum atomic E-state index is -0.0854. The lowest BCUT2D eigenvalue weighted by Crippen LogP contribution is -2.48. The first-order valence-electron chi connectivity index (χ1n) is 11.1. The van der Waals surface area contributed by atoms with E-state index in [4.69, 9.17) is 4.74 Å². The molecule has 1 N–H and O–H groups in total. The molecule has 0 aromatic heterocycles. The lowest BCUT2D eigenvalue weighted by molar-refractivity contribution is -0.146. The maximum Gasteiger partial charge on any atom is 0.308 e. The smallest absolute Gasteiger partial charge is 0.308 e. The molecular formula is C23H37N5O2. The van der Waals surface area contributed by atoms with Gasteiger partial charge in [0.05, 0.1) is 13.0 Å². The van der Waals surface area contributed by atoms with Gasteiger partial charge >= 0.3 is 5.97 Å². The second kappa shape index (κ2) is 11.3. The fourth-order valence-corrected chi connectivity index (χ4v) is 4.52. The van der Waals surface area contributed by atoms with E-state index < -0.39 is 0 Å². The number of piperidine rings is 1. The normalized spacial score (nSPS) is 22.2. The molecular weight excluding hydrogens is 378 g/mol. The van der Waals surface area contributed by atoms with E-state index in [9.17, 15) is 4.79 Å². The van der Waals surface area contributed by atoms with E-state index >= 15 is 0 Å². The van der Waals surface area contributed by atoms with E-state index in [0.717, 1.165) is 71.0 Å². The molecule has 0 saturated carbocycles. The number of guanidine groups is 1. The first kappa shape index (κ1) is 22.6. The molecule has 0 amide bonds. The van der Waals surface area contributed by atoms with Crippen LogP contribution in [0.3, 0.4) is 0 Å². The van der Waals surface area contributed by atoms with Crippen molar-refractivity contribution in [3.8, 4) is 0 Å². The van der Waals surface area contributed by atoms with Gasteiger partial charge in [-0.15, -0.1) is 0 Å². The van der Waals surface area contributed by atoms with Crippen LogP contribution in [0.2, 0.25) is 0 Å². The topological polar surface area (TPSA) is 60.4 Å². The highest BCUT2D eigenvalue weighted by Gasteiger charge is 2.28. The number of likely N-dealkylation sites (tertiary alicyclic amines) is 1. The third kappa shape index (κ3) is 5.95. The van der Waals surface area contributed by atoms with Crippen molar-refractivity contribution in [1.82, 2.24) is 20.0 Å². The predicted molar refractivity (Wildman–Crippen MR) is 121 cm³/mol. The Hall–Kier alpha value is -2.12. The molecule has 7 nitrogen and oxygen atoms in total. The second-order valence-corrected chi connectivity index (χ2v) is 8.34. The number of nitrogens with zero attached hydrogens (tertiary/aromatic N) is 4. The van der Waals surface area contributed by atoms with E-state index in [1.54, 1.807) is 0 Å². The summed E-state index contributed by atoms with van der Waals surface area (Å²) in [7, 11) is 5.51. The molecule has 2 saturated heterocycles. The van der Waals surface area contributed by atoms with Gasteiger partial charge in [-0.2, -0.15) is 0 Å². The van der Waals surface area contributed by atoms with Gasteiger partial charge in [-0.3, -0.25) is 14.7 Å². The summed E-state index contributed by atoms with van der Waals surface area (Å²) in [6.45, 7) is 6.95. The number of hydrogen-bond acceptors (Lipinski definition) is 5. The van der Waals surface area contributed by atoms with Crippen LogP contribution in [0.1, 0.15) is 30.9 Å². The van der Waals surface area contributed by atoms with E-state index in [-0.39, 0.29) is 11.9 Å². The molecule has 2 heterocycles. The van der Waals surface area contributed by atoms with Crippen molar-refractivity contribution in [1.29, 1.82) is 0 Å². The molecule has 2 aliphatic heterocycles. The van der Waals surface area contributed by atoms with Gasteiger partial charge in [-0.25, -0.2) is 0 Å². The zero-order valence-electron chi connectivity index (χ0n) is 18.7. The molecule has 2 fully saturated rings. The number of esters is 1. The Bertz CT molecular complexity index is 688. The first-order valence-corrected chi connectivity index (χ1v) is 11.1. The van der Waals surface area contributed by atoms with Crippen LogP contribution < -0.4 is 5.32 Å². The molecule has 0 radical (unpaired) electrons. The average molecular weight is 416 g/mol. The van der Waals surface area contributed by atoms with Crippen LogP contribution in [0, 0.1) is 5.92 Å². The van der Waals surface area contributed by atoms with Crippen LogP contribution in [0.4, 0.5) is 0 Å². The summed E-state index contributed by atoms with van der Waals surface area (Å²) in [5.74, 6) is 0.880. The van der Waals surface area contributed by atoms with Crippen LogP contribution in [0.5, 0.6) is 0 Å². The highest BCUT2D eigenvalue weighted by Crippen LogP contribution is 2.24. The monoisotopic (exact) mass is 415 g/mol. The number of hydrogen-bond donors (Lipinski definition) is 1. The van der Waals surface area contributed by atoms with Gasteiger partial charge in [-0.1, -0.05) is 30.3 Å². The number of carbonyl (C=O) groups excluding carboxylic acids is 1. The standard InChI is InChI=1S/C23H37N5O2/c1-24-23(28-14-10-20(11-15-28)22(29)30-3)25-12-7-13-27-17-16-26(2)18-21(27)19-8-5-4-6-9-19/h4-6,8-9,20-21H,7,10-18H2,1-3H3,(H,24,25). The van der Waals surface area contributed by atoms with E-state index in [1.165, 1.54) is 12.7 Å². The number of carbonyl (C=O) groups is 1. The number of methoxy groups -OCH3 is 1. The molecule has 166 valence electrons. The van der Waals surface area contributed by atoms with Gasteiger partial charge in [0.2, 0.25) is 0 Å². The fraction of sp³-hybridized carbons (Fsp3) is 0.652. The number of piperazine rings is 1. The Balaban J connectivity index is 1.44. The number of nitrogens with one attached hydrogen (secondary N) is 1. The van der Waals surface area contributed by atoms with Gasteiger partial charge in [0, 0.05) is 58.9 Å². The lowest BCUT2D eigenvalue weighted by Gasteiger charge is -2.40. The Morgan fingerprint density at radius 3 is 2.57 bits per heavy atom. The molecule has 0 bridgehead atoms. The summed E-state index contributed by atoms with van der Waals surface area (Å²) in [5.41, 5.74) is 1.40. The second-order valence-electron chi connectivity index (χ2n) is 8.34. The third-order valence-corrected chi connectivity index (χ3v) is 6.32. The maximum absolute atomic E-state index is 11.7. The Morgan fingerprint density at radius 1 is 1.17 bits per heavy atom. The van der Waals surface area contributed by atoms with Gasteiger partial charge in [0.1, 0.15) is 0 Å². The minimum absolute atomic E-state index is 0.0245. The van der Waals surface area contributed by atoms with Gasteiger partial charge in [-0.05, 0) is 31.9 Å². The number of rotatable bonds is 6. The zero-order chi connectivity index (χ0) is 21.3. The van der Waals surface area contributed by atoms with E-state index in [1.807, 2.05) is 7.05 Å². The fourth-order valence-electron chi connectivity index (χ4n) is 4.52. The van der Waals surface area contributed by atoms with Gasteiger partial charge in [0.15, 0.2) is 5.96 Å². The van der Waals surface area contributed by atoms with Crippen molar-refractivity contribution in [3.63, 3.8) is 0 Å². The SMILES string of the molecule is CN=C(NCCCN1CCN(C)CC1c1ccccc1)N1CCC(C(=O)OC)CC1. The van der Waals surface area contributed by atoms with Crippen molar-refractivity contribution >= 4 is 11.9 Å². The van der Waals surface area contributed by atoms with Crippen molar-refractivity contribution in [3.05, 3.63) is 35.9 Å². The molecule has 30 heavy (non-hydrogen) atoms. The molecule has 2 aliphatic rings. The Morgan fingerprint density at radius 2 is 1.90 bits per heavy atom. The van der Waals surface area contributed by atoms with Crippen LogP contribution >= 0.6 is 0 Å². The molecule has 0 aliphatic carbocycles. The first-order chi connectivity index (χ1) is 14.6. The van der Waals surface area contributed by atoms with Crippen LogP contribution in [0.25, 0.3) is 0 Å². The summed E-state index contributed by atoms with van der Waals surface area (Å²) in [4.78, 5) is 23.5. The summed E-state index contributed by atoms with van der Waals surface area (Å²) >= 11 is 0. The molecule has 0 spiro atoms. The highest BCUT2D eigenvalue weighted by molar-refractivity contribution is 5.80. The Kier molecular flexibility index (Phi) is 8.51. The zero-order valence-corrected chi connectivity index (χ0v) is 18.7. The molecule has 1 aromatic rings. The quantitative estimate of drug-likeness (QED) is 0.331. The molecule has 1 unspecified atom stereocenters. The van der Waals surface area contributed by atoms with Gasteiger partial charge < -0.3 is 19.9 Å².